The van der Waals surface area contributed by atoms with Crippen LogP contribution in [0, 0.1) is 12.3 Å². The standard InChI is InChI=1S/C24H32N4O3S/c1-16-21(15-26(4)25-16)32(30,31)28-19(13-18-9-6-5-7-10-18)20-14-24(3)22(27(20)17(2)29)11-8-12-23(24)28/h5-7,9-10,15,19-20,22-23H,8,11-14H2,1-4H3/t19-,20-,22-,23+,24-/m0/s1. The number of nitrogens with zero attached hydrogens (tertiary/aromatic N) is 4. The molecule has 1 saturated carbocycles. The predicted molar refractivity (Wildman–Crippen MR) is 121 cm³/mol. The minimum absolute atomic E-state index is 0.0549. The highest BCUT2D eigenvalue weighted by molar-refractivity contribution is 7.89. The molecule has 1 aliphatic carbocycles. The second-order valence-electron chi connectivity index (χ2n) is 10.0. The number of piperidine rings is 1. The zero-order valence-electron chi connectivity index (χ0n) is 19.2. The molecule has 2 aliphatic heterocycles. The number of aryl methyl sites for hydroxylation is 2. The van der Waals surface area contributed by atoms with Crippen LogP contribution in [-0.2, 0) is 28.3 Å². The van der Waals surface area contributed by atoms with Crippen LogP contribution < -0.4 is 0 Å². The number of fused-ring (bicyclic) bond motifs is 1. The SMILES string of the molecule is CC(=O)N1[C@H]2CCC[C@H]3N(S(=O)(=O)c4cn(C)nc4C)[C@@H](Cc4ccccc4)[C@@H]1C[C@@]23C. The summed E-state index contributed by atoms with van der Waals surface area (Å²) in [5.41, 5.74) is 1.38. The first-order chi connectivity index (χ1) is 15.1. The molecule has 5 rings (SSSR count). The average molecular weight is 457 g/mol. The minimum atomic E-state index is -3.79. The smallest absolute Gasteiger partial charge is 0.247 e. The fraction of sp³-hybridized carbons (Fsp3) is 0.583. The molecule has 32 heavy (non-hydrogen) atoms. The maximum Gasteiger partial charge on any atom is 0.247 e. The van der Waals surface area contributed by atoms with Crippen molar-refractivity contribution in [3.63, 3.8) is 0 Å². The van der Waals surface area contributed by atoms with Crippen molar-refractivity contribution < 1.29 is 13.2 Å². The van der Waals surface area contributed by atoms with Crippen LogP contribution in [0.15, 0.2) is 41.4 Å². The van der Waals surface area contributed by atoms with Crippen molar-refractivity contribution in [2.24, 2.45) is 12.5 Å². The predicted octanol–water partition coefficient (Wildman–Crippen LogP) is 2.89. The van der Waals surface area contributed by atoms with Gasteiger partial charge >= 0.3 is 0 Å². The quantitative estimate of drug-likeness (QED) is 0.709. The van der Waals surface area contributed by atoms with Gasteiger partial charge in [0.15, 0.2) is 0 Å². The second kappa shape index (κ2) is 7.42. The average Bonchev–Trinajstić information content (AvgIpc) is 3.24. The molecule has 5 atom stereocenters. The van der Waals surface area contributed by atoms with Crippen molar-refractivity contribution >= 4 is 15.9 Å². The summed E-state index contributed by atoms with van der Waals surface area (Å²) in [6.07, 6.45) is 5.77. The van der Waals surface area contributed by atoms with E-state index in [1.807, 2.05) is 35.2 Å². The summed E-state index contributed by atoms with van der Waals surface area (Å²) >= 11 is 0. The molecule has 0 unspecified atom stereocenters. The van der Waals surface area contributed by atoms with E-state index in [2.05, 4.69) is 12.0 Å². The molecule has 1 amide bonds. The Morgan fingerprint density at radius 1 is 1.19 bits per heavy atom. The highest BCUT2D eigenvalue weighted by Crippen LogP contribution is 2.57. The lowest BCUT2D eigenvalue weighted by Crippen LogP contribution is -2.62. The number of hydrogen-bond acceptors (Lipinski definition) is 4. The first-order valence-corrected chi connectivity index (χ1v) is 12.9. The molecule has 7 nitrogen and oxygen atoms in total. The Hall–Kier alpha value is -2.19. The van der Waals surface area contributed by atoms with Crippen molar-refractivity contribution in [3.05, 3.63) is 47.8 Å². The maximum absolute atomic E-state index is 14.2. The van der Waals surface area contributed by atoms with Crippen LogP contribution in [0.4, 0.5) is 0 Å². The number of rotatable bonds is 4. The van der Waals surface area contributed by atoms with Gasteiger partial charge in [-0.15, -0.1) is 0 Å². The summed E-state index contributed by atoms with van der Waals surface area (Å²) in [4.78, 5) is 15.2. The van der Waals surface area contributed by atoms with E-state index in [4.69, 9.17) is 0 Å². The number of aromatic nitrogens is 2. The summed E-state index contributed by atoms with van der Waals surface area (Å²) in [6, 6.07) is 9.59. The molecule has 1 aromatic heterocycles. The van der Waals surface area contributed by atoms with Gasteiger partial charge in [-0.05, 0) is 44.6 Å². The number of carbonyl (C=O) groups excluding carboxylic acids is 1. The number of benzene rings is 1. The summed E-state index contributed by atoms with van der Waals surface area (Å²) < 4.78 is 31.8. The third kappa shape index (κ3) is 3.06. The first-order valence-electron chi connectivity index (χ1n) is 11.5. The number of amides is 1. The Balaban J connectivity index is 1.69. The fourth-order valence-electron chi connectivity index (χ4n) is 6.86. The van der Waals surface area contributed by atoms with Crippen LogP contribution >= 0.6 is 0 Å². The van der Waals surface area contributed by atoms with Gasteiger partial charge in [0.1, 0.15) is 4.90 Å². The van der Waals surface area contributed by atoms with Crippen LogP contribution in [0.2, 0.25) is 0 Å². The van der Waals surface area contributed by atoms with Gasteiger partial charge in [0, 0.05) is 49.8 Å². The number of hydrogen-bond donors (Lipinski definition) is 0. The zero-order valence-corrected chi connectivity index (χ0v) is 20.0. The van der Waals surface area contributed by atoms with Crippen molar-refractivity contribution in [1.29, 1.82) is 0 Å². The van der Waals surface area contributed by atoms with E-state index in [0.717, 1.165) is 31.2 Å². The lowest BCUT2D eigenvalue weighted by atomic mass is 9.65. The lowest BCUT2D eigenvalue weighted by Gasteiger charge is -2.51. The molecule has 2 bridgehead atoms. The van der Waals surface area contributed by atoms with Crippen molar-refractivity contribution in [1.82, 2.24) is 19.0 Å². The molecule has 3 fully saturated rings. The topological polar surface area (TPSA) is 75.5 Å². The van der Waals surface area contributed by atoms with E-state index in [0.29, 0.717) is 12.1 Å². The highest BCUT2D eigenvalue weighted by atomic mass is 32.2. The molecule has 2 saturated heterocycles. The van der Waals surface area contributed by atoms with Gasteiger partial charge in [-0.25, -0.2) is 8.42 Å². The summed E-state index contributed by atoms with van der Waals surface area (Å²) in [5.74, 6) is 0.0549. The minimum Gasteiger partial charge on any atom is -0.335 e. The maximum atomic E-state index is 14.2. The van der Waals surface area contributed by atoms with E-state index >= 15 is 0 Å². The van der Waals surface area contributed by atoms with Crippen LogP contribution in [-0.4, -0.2) is 57.5 Å². The van der Waals surface area contributed by atoms with Crippen molar-refractivity contribution in [2.75, 3.05) is 0 Å². The molecule has 172 valence electrons. The monoisotopic (exact) mass is 456 g/mol. The van der Waals surface area contributed by atoms with Gasteiger partial charge < -0.3 is 4.90 Å². The Morgan fingerprint density at radius 2 is 1.88 bits per heavy atom. The number of sulfonamides is 1. The molecule has 0 spiro atoms. The van der Waals surface area contributed by atoms with E-state index in [1.165, 1.54) is 0 Å². The number of likely N-dealkylation sites (tertiary alicyclic amines) is 1. The molecular formula is C24H32N4O3S. The van der Waals surface area contributed by atoms with Crippen molar-refractivity contribution in [2.45, 2.75) is 81.9 Å². The van der Waals surface area contributed by atoms with Gasteiger partial charge in [-0.1, -0.05) is 37.3 Å². The van der Waals surface area contributed by atoms with Gasteiger partial charge in [0.25, 0.3) is 0 Å². The molecular weight excluding hydrogens is 424 g/mol. The summed E-state index contributed by atoms with van der Waals surface area (Å²) in [5, 5.41) is 4.32. The van der Waals surface area contributed by atoms with E-state index in [-0.39, 0.29) is 40.4 Å². The Labute approximate surface area is 190 Å². The molecule has 0 N–H and O–H groups in total. The molecule has 1 aromatic carbocycles. The molecule has 0 radical (unpaired) electrons. The normalized spacial score (nSPS) is 32.3. The van der Waals surface area contributed by atoms with Crippen LogP contribution in [0.5, 0.6) is 0 Å². The van der Waals surface area contributed by atoms with E-state index in [1.54, 1.807) is 36.1 Å². The highest BCUT2D eigenvalue weighted by Gasteiger charge is 2.65. The lowest BCUT2D eigenvalue weighted by molar-refractivity contribution is -0.133. The zero-order chi connectivity index (χ0) is 22.8. The molecule has 3 aliphatic rings. The van der Waals surface area contributed by atoms with E-state index < -0.39 is 10.0 Å². The summed E-state index contributed by atoms with van der Waals surface area (Å²) in [7, 11) is -2.04. The summed E-state index contributed by atoms with van der Waals surface area (Å²) in [6.45, 7) is 5.59. The van der Waals surface area contributed by atoms with Gasteiger partial charge in [0.2, 0.25) is 15.9 Å². The Morgan fingerprint density at radius 3 is 2.50 bits per heavy atom. The molecule has 3 heterocycles. The fourth-order valence-corrected chi connectivity index (χ4v) is 9.04. The van der Waals surface area contributed by atoms with Gasteiger partial charge in [-0.3, -0.25) is 9.48 Å². The van der Waals surface area contributed by atoms with Gasteiger partial charge in [0.05, 0.1) is 5.69 Å². The van der Waals surface area contributed by atoms with E-state index in [9.17, 15) is 13.2 Å². The van der Waals surface area contributed by atoms with Crippen LogP contribution in [0.1, 0.15) is 50.8 Å². The first kappa shape index (κ1) is 21.6. The van der Waals surface area contributed by atoms with Crippen molar-refractivity contribution in [3.8, 4) is 0 Å². The van der Waals surface area contributed by atoms with Gasteiger partial charge in [-0.2, -0.15) is 9.40 Å². The Bertz CT molecular complexity index is 1150. The third-order valence-corrected chi connectivity index (χ3v) is 10.1. The van der Waals surface area contributed by atoms with Crippen LogP contribution in [0.3, 0.4) is 0 Å². The third-order valence-electron chi connectivity index (χ3n) is 8.07. The van der Waals surface area contributed by atoms with Crippen LogP contribution in [0.25, 0.3) is 0 Å². The molecule has 8 heteroatoms. The second-order valence-corrected chi connectivity index (χ2v) is 11.8. The Kier molecular flexibility index (Phi) is 5.02. The number of carbonyl (C=O) groups is 1. The largest absolute Gasteiger partial charge is 0.335 e. The molecule has 2 aromatic rings.